The van der Waals surface area contributed by atoms with Crippen LogP contribution in [0.5, 0.6) is 0 Å². The van der Waals surface area contributed by atoms with Crippen LogP contribution in [0, 0.1) is 11.2 Å². The average Bonchev–Trinajstić information content (AvgIpc) is 3.19. The van der Waals surface area contributed by atoms with Crippen molar-refractivity contribution in [1.29, 1.82) is 0 Å². The lowest BCUT2D eigenvalue weighted by atomic mass is 10.0. The van der Waals surface area contributed by atoms with E-state index in [1.165, 1.54) is 6.07 Å². The number of halogens is 2. The molecular weight excluding hydrogens is 319 g/mol. The normalized spacial score (nSPS) is 16.9. The van der Waals surface area contributed by atoms with Crippen molar-refractivity contribution in [3.63, 3.8) is 0 Å². The van der Waals surface area contributed by atoms with Crippen molar-refractivity contribution in [2.24, 2.45) is 5.41 Å². The molecule has 0 spiro atoms. The van der Waals surface area contributed by atoms with Crippen molar-refractivity contribution in [1.82, 2.24) is 4.72 Å². The van der Waals surface area contributed by atoms with Crippen LogP contribution in [0.4, 0.5) is 10.1 Å². The molecule has 1 aliphatic rings. The smallest absolute Gasteiger partial charge is 0.243 e. The number of hydrogen-bond acceptors (Lipinski definition) is 4. The summed E-state index contributed by atoms with van der Waals surface area (Å²) in [6, 6.07) is 2.25. The third kappa shape index (κ3) is 3.85. The van der Waals surface area contributed by atoms with E-state index < -0.39 is 20.7 Å². The van der Waals surface area contributed by atoms with Gasteiger partial charge in [0.25, 0.3) is 0 Å². The number of nitrogens with one attached hydrogen (secondary N) is 1. The Hall–Kier alpha value is -0.890. The van der Waals surface area contributed by atoms with E-state index in [9.17, 15) is 12.8 Å². The van der Waals surface area contributed by atoms with E-state index >= 15 is 0 Å². The first-order valence-electron chi connectivity index (χ1n) is 6.53. The first-order valence-corrected chi connectivity index (χ1v) is 8.39. The Labute approximate surface area is 128 Å². The molecule has 1 fully saturated rings. The molecule has 0 bridgehead atoms. The second-order valence-corrected chi connectivity index (χ2v) is 7.52. The first-order chi connectivity index (χ1) is 9.80. The van der Waals surface area contributed by atoms with Gasteiger partial charge >= 0.3 is 0 Å². The van der Waals surface area contributed by atoms with Gasteiger partial charge in [-0.15, -0.1) is 0 Å². The van der Waals surface area contributed by atoms with E-state index in [4.69, 9.17) is 22.1 Å². The fraction of sp³-hybridized carbons (Fsp3) is 0.538. The highest BCUT2D eigenvalue weighted by Gasteiger charge is 2.42. The van der Waals surface area contributed by atoms with Gasteiger partial charge in [-0.05, 0) is 36.8 Å². The second-order valence-electron chi connectivity index (χ2n) is 5.38. The largest absolute Gasteiger partial charge is 0.399 e. The maximum Gasteiger partial charge on any atom is 0.243 e. The lowest BCUT2D eigenvalue weighted by Crippen LogP contribution is -2.31. The van der Waals surface area contributed by atoms with Gasteiger partial charge in [0, 0.05) is 25.9 Å². The van der Waals surface area contributed by atoms with Crippen molar-refractivity contribution < 1.29 is 17.5 Å². The molecule has 0 radical (unpaired) electrons. The third-order valence-electron chi connectivity index (χ3n) is 3.74. The predicted octanol–water partition coefficient (Wildman–Crippen LogP) is 2.16. The summed E-state index contributed by atoms with van der Waals surface area (Å²) < 4.78 is 45.8. The topological polar surface area (TPSA) is 81.4 Å². The van der Waals surface area contributed by atoms with Crippen LogP contribution in [0.15, 0.2) is 17.0 Å². The molecule has 21 heavy (non-hydrogen) atoms. The zero-order valence-corrected chi connectivity index (χ0v) is 13.2. The van der Waals surface area contributed by atoms with Crippen molar-refractivity contribution in [3.8, 4) is 0 Å². The number of rotatable bonds is 7. The summed E-state index contributed by atoms with van der Waals surface area (Å²) in [5, 5.41) is -0.309. The standard InChI is InChI=1S/C13H18ClFN2O3S/c1-20-5-4-13(2-3-13)8-17-21(18,19)11-7-9(16)6-10(14)12(11)15/h6-7,17H,2-5,8,16H2,1H3. The molecule has 0 saturated heterocycles. The lowest BCUT2D eigenvalue weighted by Gasteiger charge is -2.16. The van der Waals surface area contributed by atoms with Crippen LogP contribution in [-0.2, 0) is 14.8 Å². The molecule has 0 aliphatic heterocycles. The summed E-state index contributed by atoms with van der Waals surface area (Å²) in [6.07, 6.45) is 2.63. The minimum Gasteiger partial charge on any atom is -0.399 e. The van der Waals surface area contributed by atoms with Crippen LogP contribution >= 0.6 is 11.6 Å². The van der Waals surface area contributed by atoms with Crippen molar-refractivity contribution in [2.75, 3.05) is 26.0 Å². The van der Waals surface area contributed by atoms with Crippen LogP contribution in [0.2, 0.25) is 5.02 Å². The number of nitrogens with two attached hydrogens (primary N) is 1. The Morgan fingerprint density at radius 3 is 2.71 bits per heavy atom. The summed E-state index contributed by atoms with van der Waals surface area (Å²) in [4.78, 5) is -0.518. The van der Waals surface area contributed by atoms with Gasteiger partial charge < -0.3 is 10.5 Å². The molecule has 3 N–H and O–H groups in total. The van der Waals surface area contributed by atoms with Gasteiger partial charge in [-0.1, -0.05) is 11.6 Å². The van der Waals surface area contributed by atoms with Crippen LogP contribution in [-0.4, -0.2) is 28.7 Å². The number of ether oxygens (including phenoxy) is 1. The Morgan fingerprint density at radius 2 is 2.14 bits per heavy atom. The van der Waals surface area contributed by atoms with Crippen molar-refractivity contribution in [2.45, 2.75) is 24.2 Å². The molecular formula is C13H18ClFN2O3S. The maximum atomic E-state index is 13.9. The molecule has 1 aromatic rings. The zero-order chi connectivity index (χ0) is 15.7. The number of benzene rings is 1. The highest BCUT2D eigenvalue weighted by Crippen LogP contribution is 2.48. The molecule has 0 heterocycles. The number of hydrogen-bond donors (Lipinski definition) is 2. The summed E-state index contributed by atoms with van der Waals surface area (Å²) >= 11 is 5.63. The summed E-state index contributed by atoms with van der Waals surface area (Å²) in [6.45, 7) is 0.824. The quantitative estimate of drug-likeness (QED) is 0.748. The Balaban J connectivity index is 2.13. The Kier molecular flexibility index (Phi) is 4.77. The molecule has 0 amide bonds. The van der Waals surface area contributed by atoms with E-state index in [1.807, 2.05) is 0 Å². The number of nitrogen functional groups attached to an aromatic ring is 1. The molecule has 0 atom stereocenters. The van der Waals surface area contributed by atoms with Gasteiger partial charge in [-0.2, -0.15) is 0 Å². The number of methoxy groups -OCH3 is 1. The summed E-state index contributed by atoms with van der Waals surface area (Å²) in [7, 11) is -2.38. The van der Waals surface area contributed by atoms with E-state index in [1.54, 1.807) is 7.11 Å². The fourth-order valence-electron chi connectivity index (χ4n) is 2.12. The molecule has 0 aromatic heterocycles. The SMILES string of the molecule is COCCC1(CNS(=O)(=O)c2cc(N)cc(Cl)c2F)CC1. The lowest BCUT2D eigenvalue weighted by molar-refractivity contribution is 0.173. The molecule has 1 aromatic carbocycles. The molecule has 1 saturated carbocycles. The van der Waals surface area contributed by atoms with Crippen LogP contribution < -0.4 is 10.5 Å². The van der Waals surface area contributed by atoms with Gasteiger partial charge in [-0.25, -0.2) is 17.5 Å². The monoisotopic (exact) mass is 336 g/mol. The molecule has 0 unspecified atom stereocenters. The van der Waals surface area contributed by atoms with Crippen LogP contribution in [0.3, 0.4) is 0 Å². The first kappa shape index (κ1) is 16.5. The number of sulfonamides is 1. The minimum absolute atomic E-state index is 0.0797. The van der Waals surface area contributed by atoms with E-state index in [2.05, 4.69) is 4.72 Å². The maximum absolute atomic E-state index is 13.9. The second kappa shape index (κ2) is 6.08. The van der Waals surface area contributed by atoms with Gasteiger partial charge in [0.05, 0.1) is 5.02 Å². The molecule has 118 valence electrons. The van der Waals surface area contributed by atoms with Gasteiger partial charge in [-0.3, -0.25) is 0 Å². The van der Waals surface area contributed by atoms with E-state index in [0.29, 0.717) is 6.61 Å². The van der Waals surface area contributed by atoms with Gasteiger partial charge in [0.1, 0.15) is 4.90 Å². The van der Waals surface area contributed by atoms with Crippen LogP contribution in [0.1, 0.15) is 19.3 Å². The fourth-order valence-corrected chi connectivity index (χ4v) is 3.69. The third-order valence-corrected chi connectivity index (χ3v) is 5.41. The molecule has 8 heteroatoms. The van der Waals surface area contributed by atoms with E-state index in [-0.39, 0.29) is 22.7 Å². The van der Waals surface area contributed by atoms with Gasteiger partial charge in [0.2, 0.25) is 10.0 Å². The van der Waals surface area contributed by atoms with Gasteiger partial charge in [0.15, 0.2) is 5.82 Å². The number of anilines is 1. The van der Waals surface area contributed by atoms with Crippen molar-refractivity contribution in [3.05, 3.63) is 23.0 Å². The average molecular weight is 337 g/mol. The predicted molar refractivity (Wildman–Crippen MR) is 79.2 cm³/mol. The summed E-state index contributed by atoms with van der Waals surface area (Å²) in [5.74, 6) is -0.986. The minimum atomic E-state index is -3.98. The highest BCUT2D eigenvalue weighted by atomic mass is 35.5. The van der Waals surface area contributed by atoms with E-state index in [0.717, 1.165) is 25.3 Å². The Bertz CT molecular complexity index is 633. The molecule has 1 aliphatic carbocycles. The summed E-state index contributed by atoms with van der Waals surface area (Å²) in [5.41, 5.74) is 5.54. The zero-order valence-electron chi connectivity index (χ0n) is 11.7. The highest BCUT2D eigenvalue weighted by molar-refractivity contribution is 7.89. The molecule has 5 nitrogen and oxygen atoms in total. The Morgan fingerprint density at radius 1 is 1.48 bits per heavy atom. The molecule has 2 rings (SSSR count). The van der Waals surface area contributed by atoms with Crippen LogP contribution in [0.25, 0.3) is 0 Å². The van der Waals surface area contributed by atoms with Crippen molar-refractivity contribution >= 4 is 27.3 Å².